The molecule has 7 aliphatic rings. The fourth-order valence-corrected chi connectivity index (χ4v) is 8.12. The monoisotopic (exact) mass is 384 g/mol. The number of hydrogen-bond acceptors (Lipinski definition) is 3. The van der Waals surface area contributed by atoms with E-state index in [2.05, 4.69) is 29.7 Å². The topological polar surface area (TPSA) is 49.4 Å². The molecule has 4 unspecified atom stereocenters. The molecule has 4 nitrogen and oxygen atoms in total. The number of benzene rings is 1. The van der Waals surface area contributed by atoms with Gasteiger partial charge >= 0.3 is 6.18 Å². The van der Waals surface area contributed by atoms with E-state index in [1.807, 2.05) is 0 Å². The number of carbonyl (C=O) groups is 2. The Kier molecular flexibility index (Phi) is 2.23. The molecule has 1 heterocycles. The van der Waals surface area contributed by atoms with Gasteiger partial charge in [0.25, 0.3) is 11.8 Å². The van der Waals surface area contributed by atoms with E-state index in [4.69, 9.17) is 0 Å². The van der Waals surface area contributed by atoms with E-state index in [9.17, 15) is 22.8 Å². The molecule has 2 spiro atoms. The lowest BCUT2D eigenvalue weighted by Gasteiger charge is -2.43. The van der Waals surface area contributed by atoms with Crippen molar-refractivity contribution in [1.82, 2.24) is 5.01 Å². The summed E-state index contributed by atoms with van der Waals surface area (Å²) >= 11 is 0. The second-order valence-corrected chi connectivity index (χ2v) is 8.90. The number of anilines is 1. The van der Waals surface area contributed by atoms with Gasteiger partial charge in [0.1, 0.15) is 0 Å². The molecule has 28 heavy (non-hydrogen) atoms. The van der Waals surface area contributed by atoms with Gasteiger partial charge in [-0.15, -0.1) is 0 Å². The SMILES string of the molecule is O=C1N(Nc2ccc(C(F)(F)F)cc2)C(=O)C23C4C=CC5C4C4C(C=CC42)C153. The number of halogens is 3. The van der Waals surface area contributed by atoms with Crippen molar-refractivity contribution in [3.05, 3.63) is 54.1 Å². The molecule has 1 aromatic rings. The van der Waals surface area contributed by atoms with Gasteiger partial charge in [0.2, 0.25) is 0 Å². The molecular weight excluding hydrogens is 369 g/mol. The Balaban J connectivity index is 1.30. The van der Waals surface area contributed by atoms with Crippen LogP contribution in [-0.2, 0) is 15.8 Å². The number of rotatable bonds is 2. The maximum Gasteiger partial charge on any atom is 0.416 e. The summed E-state index contributed by atoms with van der Waals surface area (Å²) in [6.45, 7) is 0. The molecule has 2 amide bonds. The third-order valence-corrected chi connectivity index (χ3v) is 8.51. The average Bonchev–Trinajstić information content (AvgIpc) is 3.46. The van der Waals surface area contributed by atoms with Crippen LogP contribution < -0.4 is 5.43 Å². The highest BCUT2D eigenvalue weighted by Crippen LogP contribution is 2.91. The van der Waals surface area contributed by atoms with E-state index in [0.717, 1.165) is 17.1 Å². The molecule has 1 N–H and O–H groups in total. The van der Waals surface area contributed by atoms with Crippen molar-refractivity contribution in [3.8, 4) is 0 Å². The van der Waals surface area contributed by atoms with Crippen molar-refractivity contribution < 1.29 is 22.8 Å². The van der Waals surface area contributed by atoms with Crippen LogP contribution in [0, 0.1) is 46.3 Å². The molecule has 142 valence electrons. The third-order valence-electron chi connectivity index (χ3n) is 8.51. The second kappa shape index (κ2) is 4.07. The standard InChI is InChI=1S/C21H15F3N2O2/c22-21(23,24)9-1-3-10(4-2-9)25-26-17(27)19-11-5-6-12-15(11)16-13(19)7-8-14(16)20(12,19)18(26)28/h1-8,11-16,25H. The second-order valence-electron chi connectivity index (χ2n) is 8.90. The van der Waals surface area contributed by atoms with E-state index in [1.165, 1.54) is 12.1 Å². The minimum absolute atomic E-state index is 0.101. The van der Waals surface area contributed by atoms with Crippen LogP contribution in [0.3, 0.4) is 0 Å². The van der Waals surface area contributed by atoms with Crippen molar-refractivity contribution >= 4 is 17.5 Å². The van der Waals surface area contributed by atoms with Crippen LogP contribution in [0.4, 0.5) is 18.9 Å². The van der Waals surface area contributed by atoms with Crippen LogP contribution in [0.25, 0.3) is 0 Å². The first-order valence-corrected chi connectivity index (χ1v) is 9.54. The van der Waals surface area contributed by atoms with E-state index in [-0.39, 0.29) is 35.5 Å². The smallest absolute Gasteiger partial charge is 0.289 e. The Morgan fingerprint density at radius 2 is 1.21 bits per heavy atom. The lowest BCUT2D eigenvalue weighted by Crippen LogP contribution is -2.50. The molecule has 6 aliphatic carbocycles. The number of nitrogens with one attached hydrogen (secondary N) is 1. The molecule has 8 bridgehead atoms. The van der Waals surface area contributed by atoms with Crippen LogP contribution >= 0.6 is 0 Å². The fraction of sp³-hybridized carbons (Fsp3) is 0.429. The first kappa shape index (κ1) is 15.4. The zero-order valence-corrected chi connectivity index (χ0v) is 14.5. The predicted molar refractivity (Wildman–Crippen MR) is 91.0 cm³/mol. The summed E-state index contributed by atoms with van der Waals surface area (Å²) in [6, 6.07) is 4.42. The molecule has 1 aliphatic heterocycles. The highest BCUT2D eigenvalue weighted by atomic mass is 19.4. The molecule has 4 saturated carbocycles. The summed E-state index contributed by atoms with van der Waals surface area (Å²) in [6.07, 6.45) is 4.08. The first-order valence-electron chi connectivity index (χ1n) is 9.54. The molecule has 1 aromatic carbocycles. The Labute approximate surface area is 158 Å². The lowest BCUT2D eigenvalue weighted by molar-refractivity contribution is -0.141. The number of carbonyl (C=O) groups excluding carboxylic acids is 2. The van der Waals surface area contributed by atoms with Gasteiger partial charge in [0.05, 0.1) is 22.1 Å². The number of alkyl halides is 3. The summed E-state index contributed by atoms with van der Waals surface area (Å²) in [5.41, 5.74) is 0.962. The van der Waals surface area contributed by atoms with Gasteiger partial charge in [-0.05, 0) is 59.8 Å². The largest absolute Gasteiger partial charge is 0.416 e. The quantitative estimate of drug-likeness (QED) is 0.629. The minimum atomic E-state index is -4.43. The molecule has 0 radical (unpaired) electrons. The summed E-state index contributed by atoms with van der Waals surface area (Å²) in [5.74, 6) is 0.748. The summed E-state index contributed by atoms with van der Waals surface area (Å²) in [7, 11) is 0. The summed E-state index contributed by atoms with van der Waals surface area (Å²) in [4.78, 5) is 27.2. The maximum atomic E-state index is 13.6. The molecule has 1 saturated heterocycles. The van der Waals surface area contributed by atoms with Crippen LogP contribution in [0.5, 0.6) is 0 Å². The zero-order valence-electron chi connectivity index (χ0n) is 14.5. The van der Waals surface area contributed by atoms with Crippen LogP contribution in [0.15, 0.2) is 48.6 Å². The van der Waals surface area contributed by atoms with E-state index < -0.39 is 22.6 Å². The van der Waals surface area contributed by atoms with Gasteiger partial charge in [-0.2, -0.15) is 18.2 Å². The molecule has 0 aromatic heterocycles. The molecule has 8 rings (SSSR count). The fourth-order valence-electron chi connectivity index (χ4n) is 8.12. The van der Waals surface area contributed by atoms with Gasteiger partial charge in [-0.1, -0.05) is 24.3 Å². The average molecular weight is 384 g/mol. The van der Waals surface area contributed by atoms with Crippen molar-refractivity contribution in [1.29, 1.82) is 0 Å². The Morgan fingerprint density at radius 3 is 1.61 bits per heavy atom. The number of allylic oxidation sites excluding steroid dienone is 4. The highest BCUT2D eigenvalue weighted by Gasteiger charge is 2.96. The predicted octanol–water partition coefficient (Wildman–Crippen LogP) is 3.25. The normalized spacial score (nSPS) is 47.9. The third kappa shape index (κ3) is 1.17. The van der Waals surface area contributed by atoms with Crippen molar-refractivity contribution in [2.24, 2.45) is 46.3 Å². The highest BCUT2D eigenvalue weighted by molar-refractivity contribution is 6.14. The molecular formula is C21H15F3N2O2. The van der Waals surface area contributed by atoms with Crippen molar-refractivity contribution in [2.75, 3.05) is 5.43 Å². The number of hydrogen-bond donors (Lipinski definition) is 1. The van der Waals surface area contributed by atoms with Gasteiger partial charge in [-0.3, -0.25) is 15.0 Å². The molecule has 5 fully saturated rings. The Morgan fingerprint density at radius 1 is 0.786 bits per heavy atom. The zero-order chi connectivity index (χ0) is 19.2. The summed E-state index contributed by atoms with van der Waals surface area (Å²) in [5, 5.41) is 1.10. The van der Waals surface area contributed by atoms with E-state index in [1.54, 1.807) is 0 Å². The minimum Gasteiger partial charge on any atom is -0.289 e. The first-order chi connectivity index (χ1) is 13.3. The van der Waals surface area contributed by atoms with E-state index in [0.29, 0.717) is 17.5 Å². The Bertz CT molecular complexity index is 959. The van der Waals surface area contributed by atoms with E-state index >= 15 is 0 Å². The summed E-state index contributed by atoms with van der Waals surface area (Å²) < 4.78 is 38.4. The molecule has 4 atom stereocenters. The lowest BCUT2D eigenvalue weighted by atomic mass is 9.54. The van der Waals surface area contributed by atoms with Gasteiger partial charge in [-0.25, -0.2) is 0 Å². The van der Waals surface area contributed by atoms with Gasteiger partial charge in [0, 0.05) is 0 Å². The van der Waals surface area contributed by atoms with Crippen molar-refractivity contribution in [2.45, 2.75) is 6.18 Å². The van der Waals surface area contributed by atoms with Crippen LogP contribution in [0.1, 0.15) is 5.56 Å². The number of nitrogens with zero attached hydrogens (tertiary/aromatic N) is 1. The van der Waals surface area contributed by atoms with Crippen LogP contribution in [0.2, 0.25) is 0 Å². The molecule has 7 heteroatoms. The van der Waals surface area contributed by atoms with Gasteiger partial charge < -0.3 is 0 Å². The Hall–Kier alpha value is -2.57. The number of hydrazine groups is 1. The number of amides is 2. The maximum absolute atomic E-state index is 13.6. The number of imide groups is 1. The van der Waals surface area contributed by atoms with Gasteiger partial charge in [0.15, 0.2) is 0 Å². The van der Waals surface area contributed by atoms with Crippen LogP contribution in [-0.4, -0.2) is 16.8 Å². The van der Waals surface area contributed by atoms with Crippen molar-refractivity contribution in [3.63, 3.8) is 0 Å².